The maximum absolute atomic E-state index is 13.0. The molecule has 1 N–H and O–H groups in total. The van der Waals surface area contributed by atoms with Crippen molar-refractivity contribution < 1.29 is 13.2 Å². The molecule has 0 saturated carbocycles. The molecule has 0 spiro atoms. The Hall–Kier alpha value is -1.44. The molecule has 0 atom stereocenters. The van der Waals surface area contributed by atoms with Gasteiger partial charge in [-0.1, -0.05) is 31.5 Å². The topological polar surface area (TPSA) is 69.7 Å². The van der Waals surface area contributed by atoms with Crippen LogP contribution in [0.1, 0.15) is 31.7 Å². The van der Waals surface area contributed by atoms with Gasteiger partial charge in [-0.05, 0) is 25.0 Å². The summed E-state index contributed by atoms with van der Waals surface area (Å²) in [7, 11) is -3.58. The van der Waals surface area contributed by atoms with Crippen LogP contribution in [0.15, 0.2) is 29.2 Å². The van der Waals surface area contributed by atoms with Crippen LogP contribution in [0.25, 0.3) is 0 Å². The number of hydrogen-bond acceptors (Lipinski definition) is 4. The molecule has 0 radical (unpaired) electrons. The molecule has 2 rings (SSSR count). The Kier molecular flexibility index (Phi) is 7.40. The van der Waals surface area contributed by atoms with Crippen LogP contribution < -0.4 is 5.32 Å². The van der Waals surface area contributed by atoms with E-state index >= 15 is 0 Å². The van der Waals surface area contributed by atoms with Crippen molar-refractivity contribution in [1.29, 1.82) is 0 Å². The highest BCUT2D eigenvalue weighted by molar-refractivity contribution is 7.89. The largest absolute Gasteiger partial charge is 0.340 e. The Morgan fingerprint density at radius 1 is 1.20 bits per heavy atom. The van der Waals surface area contributed by atoms with Gasteiger partial charge in [0.25, 0.3) is 0 Å². The van der Waals surface area contributed by atoms with Gasteiger partial charge in [0.1, 0.15) is 0 Å². The predicted octanol–water partition coefficient (Wildman–Crippen LogP) is 1.61. The molecule has 1 aromatic rings. The molecule has 0 aromatic heterocycles. The van der Waals surface area contributed by atoms with Crippen LogP contribution in [0.2, 0.25) is 0 Å². The molecule has 25 heavy (non-hydrogen) atoms. The second-order valence-electron chi connectivity index (χ2n) is 6.40. The number of amides is 1. The first-order chi connectivity index (χ1) is 12.0. The summed E-state index contributed by atoms with van der Waals surface area (Å²) in [5.74, 6) is 0.0305. The van der Waals surface area contributed by atoms with Crippen molar-refractivity contribution in [2.45, 2.75) is 38.0 Å². The van der Waals surface area contributed by atoms with Crippen molar-refractivity contribution in [3.05, 3.63) is 29.8 Å². The van der Waals surface area contributed by atoms with E-state index < -0.39 is 10.0 Å². The third-order valence-electron chi connectivity index (χ3n) is 4.52. The number of sulfonamides is 1. The summed E-state index contributed by atoms with van der Waals surface area (Å²) < 4.78 is 27.5. The van der Waals surface area contributed by atoms with E-state index in [2.05, 4.69) is 5.32 Å². The summed E-state index contributed by atoms with van der Waals surface area (Å²) in [5.41, 5.74) is 0.734. The minimum absolute atomic E-state index is 0.0305. The number of unbranched alkanes of at least 4 members (excludes halogenated alkanes) is 1. The summed E-state index contributed by atoms with van der Waals surface area (Å²) in [6, 6.07) is 7.01. The molecule has 1 aliphatic rings. The summed E-state index contributed by atoms with van der Waals surface area (Å²) in [5, 5.41) is 3.21. The van der Waals surface area contributed by atoms with Gasteiger partial charge in [0, 0.05) is 45.7 Å². The Morgan fingerprint density at radius 2 is 1.88 bits per heavy atom. The first-order valence-electron chi connectivity index (χ1n) is 9.01. The van der Waals surface area contributed by atoms with Crippen molar-refractivity contribution in [2.75, 3.05) is 39.3 Å². The van der Waals surface area contributed by atoms with Crippen LogP contribution in [0.5, 0.6) is 0 Å². The summed E-state index contributed by atoms with van der Waals surface area (Å²) in [4.78, 5) is 14.5. The van der Waals surface area contributed by atoms with Crippen molar-refractivity contribution in [3.8, 4) is 0 Å². The zero-order valence-electron chi connectivity index (χ0n) is 15.2. The van der Waals surface area contributed by atoms with E-state index in [1.165, 1.54) is 4.31 Å². The molecule has 1 heterocycles. The van der Waals surface area contributed by atoms with Gasteiger partial charge >= 0.3 is 0 Å². The molecule has 140 valence electrons. The number of carbonyl (C=O) groups excluding carboxylic acids is 1. The fraction of sp³-hybridized carbons (Fsp3) is 0.611. The van der Waals surface area contributed by atoms with Crippen molar-refractivity contribution in [1.82, 2.24) is 14.5 Å². The molecular formula is C18H29N3O3S. The van der Waals surface area contributed by atoms with Gasteiger partial charge in [0.15, 0.2) is 0 Å². The van der Waals surface area contributed by atoms with Crippen molar-refractivity contribution in [3.63, 3.8) is 0 Å². The Morgan fingerprint density at radius 3 is 2.52 bits per heavy atom. The van der Waals surface area contributed by atoms with E-state index in [9.17, 15) is 13.2 Å². The summed E-state index contributed by atoms with van der Waals surface area (Å²) >= 11 is 0. The van der Waals surface area contributed by atoms with Gasteiger partial charge in [0.05, 0.1) is 4.90 Å². The highest BCUT2D eigenvalue weighted by Gasteiger charge is 2.27. The molecule has 0 unspecified atom stereocenters. The normalized spacial score (nSPS) is 15.6. The molecule has 1 fully saturated rings. The molecule has 0 bridgehead atoms. The smallest absolute Gasteiger partial charge is 0.243 e. The van der Waals surface area contributed by atoms with Crippen LogP contribution in [0, 0.1) is 6.92 Å². The monoisotopic (exact) mass is 367 g/mol. The molecule has 0 aliphatic carbocycles. The number of rotatable bonds is 8. The van der Waals surface area contributed by atoms with Crippen LogP contribution in [-0.4, -0.2) is 62.8 Å². The van der Waals surface area contributed by atoms with E-state index in [1.807, 2.05) is 17.9 Å². The quantitative estimate of drug-likeness (QED) is 0.758. The fourth-order valence-electron chi connectivity index (χ4n) is 2.96. The SMILES string of the molecule is CCCCN(CCC(=O)N1CCNCC1)S(=O)(=O)c1ccccc1C. The second kappa shape index (κ2) is 9.31. The Bertz CT molecular complexity index is 670. The molecule has 1 amide bonds. The fourth-order valence-corrected chi connectivity index (χ4v) is 4.67. The minimum atomic E-state index is -3.58. The van der Waals surface area contributed by atoms with E-state index in [1.54, 1.807) is 25.1 Å². The Balaban J connectivity index is 2.09. The standard InChI is InChI=1S/C18H29N3O3S/c1-3-4-12-21(13-9-18(22)20-14-10-19-11-15-20)25(23,24)17-8-6-5-7-16(17)2/h5-8,19H,3-4,9-15H2,1-2H3. The third kappa shape index (κ3) is 5.26. The third-order valence-corrected chi connectivity index (χ3v) is 6.58. The number of benzene rings is 1. The van der Waals surface area contributed by atoms with E-state index in [-0.39, 0.29) is 18.9 Å². The average Bonchev–Trinajstić information content (AvgIpc) is 2.62. The molecule has 7 heteroatoms. The lowest BCUT2D eigenvalue weighted by molar-refractivity contribution is -0.131. The van der Waals surface area contributed by atoms with E-state index in [4.69, 9.17) is 0 Å². The lowest BCUT2D eigenvalue weighted by atomic mass is 10.2. The number of hydrogen-bond donors (Lipinski definition) is 1. The summed E-state index contributed by atoms with van der Waals surface area (Å²) in [6.45, 7) is 7.50. The lowest BCUT2D eigenvalue weighted by Crippen LogP contribution is -2.47. The summed E-state index contributed by atoms with van der Waals surface area (Å²) in [6.07, 6.45) is 1.92. The van der Waals surface area contributed by atoms with Crippen LogP contribution in [0.4, 0.5) is 0 Å². The number of piperazine rings is 1. The lowest BCUT2D eigenvalue weighted by Gasteiger charge is -2.29. The van der Waals surface area contributed by atoms with Crippen molar-refractivity contribution >= 4 is 15.9 Å². The Labute approximate surface area is 151 Å². The number of nitrogens with zero attached hydrogens (tertiary/aromatic N) is 2. The number of nitrogens with one attached hydrogen (secondary N) is 1. The van der Waals surface area contributed by atoms with E-state index in [0.717, 1.165) is 31.5 Å². The zero-order chi connectivity index (χ0) is 18.3. The average molecular weight is 368 g/mol. The molecular weight excluding hydrogens is 338 g/mol. The van der Waals surface area contributed by atoms with Gasteiger partial charge in [-0.2, -0.15) is 4.31 Å². The first-order valence-corrected chi connectivity index (χ1v) is 10.4. The van der Waals surface area contributed by atoms with Crippen LogP contribution in [-0.2, 0) is 14.8 Å². The van der Waals surface area contributed by atoms with Gasteiger partial charge in [0.2, 0.25) is 15.9 Å². The molecule has 6 nitrogen and oxygen atoms in total. The highest BCUT2D eigenvalue weighted by Crippen LogP contribution is 2.20. The van der Waals surface area contributed by atoms with Crippen LogP contribution in [0.3, 0.4) is 0 Å². The molecule has 1 saturated heterocycles. The number of carbonyl (C=O) groups is 1. The van der Waals surface area contributed by atoms with E-state index in [0.29, 0.717) is 24.5 Å². The molecule has 1 aliphatic heterocycles. The minimum Gasteiger partial charge on any atom is -0.340 e. The first kappa shape index (κ1) is 19.9. The number of aryl methyl sites for hydroxylation is 1. The van der Waals surface area contributed by atoms with Gasteiger partial charge < -0.3 is 10.2 Å². The highest BCUT2D eigenvalue weighted by atomic mass is 32.2. The van der Waals surface area contributed by atoms with Gasteiger partial charge in [-0.25, -0.2) is 8.42 Å². The predicted molar refractivity (Wildman–Crippen MR) is 98.9 cm³/mol. The van der Waals surface area contributed by atoms with Crippen molar-refractivity contribution in [2.24, 2.45) is 0 Å². The second-order valence-corrected chi connectivity index (χ2v) is 8.31. The van der Waals surface area contributed by atoms with Crippen LogP contribution >= 0.6 is 0 Å². The van der Waals surface area contributed by atoms with Gasteiger partial charge in [-0.3, -0.25) is 4.79 Å². The maximum atomic E-state index is 13.0. The molecule has 1 aromatic carbocycles. The zero-order valence-corrected chi connectivity index (χ0v) is 16.0. The van der Waals surface area contributed by atoms with Gasteiger partial charge in [-0.15, -0.1) is 0 Å². The maximum Gasteiger partial charge on any atom is 0.243 e.